The van der Waals surface area contributed by atoms with Gasteiger partial charge in [-0.05, 0) is 48.9 Å². The summed E-state index contributed by atoms with van der Waals surface area (Å²) in [7, 11) is 0. The van der Waals surface area contributed by atoms with Crippen LogP contribution in [0.1, 0.15) is 18.3 Å². The zero-order valence-electron chi connectivity index (χ0n) is 22.1. The van der Waals surface area contributed by atoms with Gasteiger partial charge in [0.1, 0.15) is 17.3 Å². The second-order valence-corrected chi connectivity index (χ2v) is 9.38. The van der Waals surface area contributed by atoms with Crippen LogP contribution in [0.3, 0.4) is 0 Å². The van der Waals surface area contributed by atoms with Gasteiger partial charge in [0.2, 0.25) is 0 Å². The summed E-state index contributed by atoms with van der Waals surface area (Å²) >= 11 is 0. The molecule has 4 aromatic rings. The van der Waals surface area contributed by atoms with Crippen LogP contribution in [0.4, 0.5) is 0 Å². The quantitative estimate of drug-likeness (QED) is 0.357. The fourth-order valence-corrected chi connectivity index (χ4v) is 4.77. The molecule has 1 aliphatic rings. The summed E-state index contributed by atoms with van der Waals surface area (Å²) in [6.45, 7) is 5.79. The van der Waals surface area contributed by atoms with E-state index in [1.165, 1.54) is 0 Å². The number of para-hydroxylation sites is 3. The summed E-state index contributed by atoms with van der Waals surface area (Å²) in [6, 6.07) is 22.4. The van der Waals surface area contributed by atoms with Crippen LogP contribution in [0.15, 0.2) is 77.6 Å². The highest BCUT2D eigenvalue weighted by atomic mass is 16.5. The van der Waals surface area contributed by atoms with E-state index in [2.05, 4.69) is 4.90 Å². The number of amides is 1. The zero-order chi connectivity index (χ0) is 27.2. The van der Waals surface area contributed by atoms with Crippen LogP contribution >= 0.6 is 0 Å². The number of nitrogens with two attached hydrogens (primary N) is 1. The van der Waals surface area contributed by atoms with Gasteiger partial charge >= 0.3 is 0 Å². The Bertz CT molecular complexity index is 1490. The largest absolute Gasteiger partial charge is 0.492 e. The van der Waals surface area contributed by atoms with Crippen LogP contribution in [-0.4, -0.2) is 64.7 Å². The van der Waals surface area contributed by atoms with Crippen LogP contribution in [0.5, 0.6) is 11.5 Å². The Morgan fingerprint density at radius 1 is 0.923 bits per heavy atom. The molecule has 1 fully saturated rings. The van der Waals surface area contributed by atoms with Crippen LogP contribution in [0.2, 0.25) is 0 Å². The number of aromatic nitrogens is 2. The Morgan fingerprint density at radius 3 is 2.38 bits per heavy atom. The molecule has 0 radical (unpaired) electrons. The van der Waals surface area contributed by atoms with Crippen molar-refractivity contribution < 1.29 is 14.3 Å². The normalized spacial score (nSPS) is 13.9. The van der Waals surface area contributed by atoms with E-state index in [4.69, 9.17) is 20.2 Å². The lowest BCUT2D eigenvalue weighted by molar-refractivity contribution is -0.135. The third-order valence-electron chi connectivity index (χ3n) is 6.86. The van der Waals surface area contributed by atoms with Gasteiger partial charge in [-0.2, -0.15) is 0 Å². The predicted molar refractivity (Wildman–Crippen MR) is 150 cm³/mol. The predicted octanol–water partition coefficient (Wildman–Crippen LogP) is 2.97. The Labute approximate surface area is 227 Å². The first kappa shape index (κ1) is 26.4. The lowest BCUT2D eigenvalue weighted by Crippen LogP contribution is -2.50. The summed E-state index contributed by atoms with van der Waals surface area (Å²) in [5, 5.41) is 0.556. The highest BCUT2D eigenvalue weighted by molar-refractivity contribution is 5.78. The molecule has 0 saturated carbocycles. The highest BCUT2D eigenvalue weighted by Gasteiger charge is 2.24. The van der Waals surface area contributed by atoms with Gasteiger partial charge in [-0.15, -0.1) is 0 Å². The summed E-state index contributed by atoms with van der Waals surface area (Å²) in [4.78, 5) is 35.4. The van der Waals surface area contributed by atoms with Gasteiger partial charge in [0, 0.05) is 32.7 Å². The summed E-state index contributed by atoms with van der Waals surface area (Å²) in [5.74, 6) is 1.86. The smallest absolute Gasteiger partial charge is 0.266 e. The average molecular weight is 528 g/mol. The number of hydrogen-bond donors (Lipinski definition) is 1. The molecule has 2 heterocycles. The molecule has 202 valence electrons. The van der Waals surface area contributed by atoms with E-state index >= 15 is 0 Å². The minimum Gasteiger partial charge on any atom is -0.492 e. The molecule has 1 aromatic heterocycles. The molecule has 0 atom stereocenters. The fourth-order valence-electron chi connectivity index (χ4n) is 4.77. The van der Waals surface area contributed by atoms with E-state index in [9.17, 15) is 9.59 Å². The lowest BCUT2D eigenvalue weighted by atomic mass is 10.2. The van der Waals surface area contributed by atoms with Crippen LogP contribution in [0.25, 0.3) is 16.6 Å². The van der Waals surface area contributed by atoms with E-state index in [1.807, 2.05) is 78.6 Å². The van der Waals surface area contributed by atoms with Crippen molar-refractivity contribution >= 4 is 16.8 Å². The molecule has 2 N–H and O–H groups in total. The Hall–Kier alpha value is -4.21. The van der Waals surface area contributed by atoms with Crippen molar-refractivity contribution in [3.05, 3.63) is 94.5 Å². The van der Waals surface area contributed by atoms with Crippen molar-refractivity contribution in [2.75, 3.05) is 39.4 Å². The minimum atomic E-state index is -0.131. The van der Waals surface area contributed by atoms with Crippen LogP contribution < -0.4 is 20.8 Å². The van der Waals surface area contributed by atoms with Gasteiger partial charge < -0.3 is 20.1 Å². The van der Waals surface area contributed by atoms with Crippen molar-refractivity contribution in [1.82, 2.24) is 19.4 Å². The summed E-state index contributed by atoms with van der Waals surface area (Å²) in [5.41, 5.74) is 7.85. The number of hydrogen-bond acceptors (Lipinski definition) is 7. The molecule has 1 saturated heterocycles. The maximum atomic E-state index is 13.7. The average Bonchev–Trinajstić information content (AvgIpc) is 2.97. The molecule has 1 amide bonds. The molecular weight excluding hydrogens is 494 g/mol. The molecule has 1 aliphatic heterocycles. The topological polar surface area (TPSA) is 103 Å². The van der Waals surface area contributed by atoms with Crippen LogP contribution in [0, 0.1) is 0 Å². The fraction of sp³-hybridized carbons (Fsp3) is 0.300. The maximum Gasteiger partial charge on any atom is 0.266 e. The van der Waals surface area contributed by atoms with E-state index in [0.717, 1.165) is 5.56 Å². The number of benzene rings is 3. The minimum absolute atomic E-state index is 0.0119. The Kier molecular flexibility index (Phi) is 8.19. The summed E-state index contributed by atoms with van der Waals surface area (Å²) < 4.78 is 13.2. The number of carbonyl (C=O) groups excluding carboxylic acids is 1. The third kappa shape index (κ3) is 5.94. The first-order valence-corrected chi connectivity index (χ1v) is 13.2. The maximum absolute atomic E-state index is 13.7. The van der Waals surface area contributed by atoms with Crippen molar-refractivity contribution in [1.29, 1.82) is 0 Å². The van der Waals surface area contributed by atoms with Gasteiger partial charge in [0.15, 0.2) is 6.61 Å². The van der Waals surface area contributed by atoms with Gasteiger partial charge in [0.05, 0.1) is 29.7 Å². The molecule has 0 aliphatic carbocycles. The monoisotopic (exact) mass is 527 g/mol. The molecule has 9 nitrogen and oxygen atoms in total. The highest BCUT2D eigenvalue weighted by Crippen LogP contribution is 2.24. The first-order chi connectivity index (χ1) is 19.1. The van der Waals surface area contributed by atoms with E-state index in [-0.39, 0.29) is 18.1 Å². The number of fused-ring (bicyclic) bond motifs is 1. The SMILES string of the molecule is CCOc1ccccc1-n1c(CN2CCN(C(=O)COc3ccc(CN)cc3)CC2)nc2ccccc2c1=O. The van der Waals surface area contributed by atoms with Gasteiger partial charge in [-0.3, -0.25) is 19.1 Å². The molecule has 9 heteroatoms. The number of carbonyl (C=O) groups is 1. The van der Waals surface area contributed by atoms with Crippen molar-refractivity contribution in [3.63, 3.8) is 0 Å². The summed E-state index contributed by atoms with van der Waals surface area (Å²) in [6.07, 6.45) is 0. The number of rotatable bonds is 9. The van der Waals surface area contributed by atoms with Crippen molar-refractivity contribution in [2.24, 2.45) is 5.73 Å². The number of ether oxygens (including phenoxy) is 2. The van der Waals surface area contributed by atoms with Crippen molar-refractivity contribution in [2.45, 2.75) is 20.0 Å². The second-order valence-electron chi connectivity index (χ2n) is 9.38. The molecule has 5 rings (SSSR count). The Balaban J connectivity index is 1.30. The molecule has 0 unspecified atom stereocenters. The number of piperazine rings is 1. The number of nitrogens with zero attached hydrogens (tertiary/aromatic N) is 4. The van der Waals surface area contributed by atoms with E-state index < -0.39 is 0 Å². The van der Waals surface area contributed by atoms with E-state index in [1.54, 1.807) is 10.6 Å². The standard InChI is InChI=1S/C30H33N5O4/c1-2-38-27-10-6-5-9-26(27)35-28(32-25-8-4-3-7-24(25)30(35)37)20-33-15-17-34(18-16-33)29(36)21-39-23-13-11-22(19-31)12-14-23/h3-14H,2,15-21,31H2,1H3. The lowest BCUT2D eigenvalue weighted by Gasteiger charge is -2.34. The molecule has 0 bridgehead atoms. The van der Waals surface area contributed by atoms with Crippen LogP contribution in [-0.2, 0) is 17.9 Å². The van der Waals surface area contributed by atoms with Crippen molar-refractivity contribution in [3.8, 4) is 17.2 Å². The third-order valence-corrected chi connectivity index (χ3v) is 6.86. The molecule has 0 spiro atoms. The molecule has 3 aromatic carbocycles. The second kappa shape index (κ2) is 12.1. The zero-order valence-corrected chi connectivity index (χ0v) is 22.1. The van der Waals surface area contributed by atoms with Gasteiger partial charge in [0.25, 0.3) is 11.5 Å². The molecular formula is C30H33N5O4. The van der Waals surface area contributed by atoms with E-state index in [0.29, 0.717) is 79.8 Å². The van der Waals surface area contributed by atoms with Gasteiger partial charge in [-0.25, -0.2) is 4.98 Å². The van der Waals surface area contributed by atoms with Gasteiger partial charge in [-0.1, -0.05) is 36.4 Å². The molecule has 39 heavy (non-hydrogen) atoms. The Morgan fingerprint density at radius 2 is 1.64 bits per heavy atom. The first-order valence-electron chi connectivity index (χ1n) is 13.2.